The molecule has 0 saturated carbocycles. The van der Waals surface area contributed by atoms with Crippen molar-refractivity contribution in [1.29, 1.82) is 0 Å². The molecule has 0 aliphatic heterocycles. The summed E-state index contributed by atoms with van der Waals surface area (Å²) in [5, 5.41) is 0. The average molecular weight is 332 g/mol. The summed E-state index contributed by atoms with van der Waals surface area (Å²) in [7, 11) is 0. The fraction of sp³-hybridized carbons (Fsp3) is 0.833. The number of alkyl halides is 11. The summed E-state index contributed by atoms with van der Waals surface area (Å²) in [5.74, 6) is -14.0. The second-order valence-electron chi connectivity index (χ2n) is 3.06. The van der Waals surface area contributed by atoms with Crippen molar-refractivity contribution in [2.75, 3.05) is 0 Å². The molecule has 2 nitrogen and oxygen atoms in total. The van der Waals surface area contributed by atoms with Crippen LogP contribution in [0.5, 0.6) is 0 Å². The highest BCUT2D eigenvalue weighted by atomic mass is 19.4. The van der Waals surface area contributed by atoms with Crippen LogP contribution in [0.4, 0.5) is 52.7 Å². The molecule has 0 aliphatic carbocycles. The Labute approximate surface area is 99.8 Å². The zero-order valence-corrected chi connectivity index (χ0v) is 8.35. The number of carbonyl (C=O) groups excluding carboxylic acids is 1. The first-order valence-corrected chi connectivity index (χ1v) is 3.88. The lowest BCUT2D eigenvalue weighted by molar-refractivity contribution is -0.473. The minimum absolute atomic E-state index is 1.52. The molecule has 1 atom stereocenters. The Bertz CT molecular complexity index is 380. The first-order chi connectivity index (χ1) is 8.40. The normalized spacial score (nSPS) is 17.8. The maximum absolute atomic E-state index is 12.6. The van der Waals surface area contributed by atoms with Gasteiger partial charge in [-0.3, -0.25) is 9.53 Å². The first kappa shape index (κ1) is 18.8. The van der Waals surface area contributed by atoms with E-state index in [4.69, 9.17) is 0 Å². The van der Waals surface area contributed by atoms with Crippen LogP contribution in [-0.4, -0.2) is 36.3 Å². The minimum Gasteiger partial charge on any atom is -0.261 e. The average Bonchev–Trinajstić information content (AvgIpc) is 2.12. The second kappa shape index (κ2) is 4.66. The van der Waals surface area contributed by atoms with Crippen LogP contribution >= 0.6 is 0 Å². The van der Waals surface area contributed by atoms with Gasteiger partial charge in [-0.25, -0.2) is 0 Å². The summed E-state index contributed by atoms with van der Waals surface area (Å²) in [6.45, 7) is 0. The van der Waals surface area contributed by atoms with Gasteiger partial charge in [0.05, 0.1) is 0 Å². The second-order valence-corrected chi connectivity index (χ2v) is 3.06. The smallest absolute Gasteiger partial charge is 0.261 e. The summed E-state index contributed by atoms with van der Waals surface area (Å²) in [6, 6.07) is -4.39. The van der Waals surface area contributed by atoms with Gasteiger partial charge in [0.15, 0.2) is 0 Å². The first-order valence-electron chi connectivity index (χ1n) is 3.88. The Balaban J connectivity index is 5.73. The zero-order valence-electron chi connectivity index (χ0n) is 8.35. The third-order valence-electron chi connectivity index (χ3n) is 1.61. The van der Waals surface area contributed by atoms with Gasteiger partial charge in [0.2, 0.25) is 0 Å². The quantitative estimate of drug-likeness (QED) is 0.582. The van der Waals surface area contributed by atoms with Crippen LogP contribution in [0, 0.1) is 0 Å². The SMILES string of the molecule is O=C(F)C(F)(OC(F)(F)C(F)(F)C(F)(F)F)C(F)(F)F. The van der Waals surface area contributed by atoms with Gasteiger partial charge in [-0.1, -0.05) is 0 Å². The topological polar surface area (TPSA) is 26.3 Å². The molecule has 14 heteroatoms. The van der Waals surface area contributed by atoms with Crippen molar-refractivity contribution in [3.63, 3.8) is 0 Å². The van der Waals surface area contributed by atoms with Crippen LogP contribution < -0.4 is 0 Å². The summed E-state index contributed by atoms with van der Waals surface area (Å²) >= 11 is 0. The number of halogens is 12. The monoisotopic (exact) mass is 332 g/mol. The molecular weight excluding hydrogens is 332 g/mol. The third-order valence-corrected chi connectivity index (χ3v) is 1.61. The molecule has 0 N–H and O–H groups in total. The van der Waals surface area contributed by atoms with E-state index in [2.05, 4.69) is 0 Å². The maximum Gasteiger partial charge on any atom is 0.462 e. The van der Waals surface area contributed by atoms with Crippen molar-refractivity contribution in [3.05, 3.63) is 0 Å². The van der Waals surface area contributed by atoms with E-state index in [-0.39, 0.29) is 0 Å². The molecule has 0 saturated heterocycles. The predicted molar refractivity (Wildman–Crippen MR) is 33.0 cm³/mol. The molecule has 1 unspecified atom stereocenters. The number of hydrogen-bond donors (Lipinski definition) is 0. The molecule has 0 radical (unpaired) electrons. The van der Waals surface area contributed by atoms with Crippen LogP contribution in [0.2, 0.25) is 0 Å². The van der Waals surface area contributed by atoms with E-state index in [0.717, 1.165) is 0 Å². The molecule has 0 spiro atoms. The number of ether oxygens (including phenoxy) is 1. The molecule has 0 amide bonds. The lowest BCUT2D eigenvalue weighted by Crippen LogP contribution is -2.61. The van der Waals surface area contributed by atoms with Gasteiger partial charge in [0.1, 0.15) is 0 Å². The van der Waals surface area contributed by atoms with Gasteiger partial charge in [-0.05, 0) is 0 Å². The Hall–Kier alpha value is -1.21. The predicted octanol–water partition coefficient (Wildman–Crippen LogP) is 3.52. The highest BCUT2D eigenvalue weighted by molar-refractivity contribution is 5.77. The molecule has 0 aromatic rings. The van der Waals surface area contributed by atoms with E-state index in [1.807, 2.05) is 0 Å². The van der Waals surface area contributed by atoms with E-state index >= 15 is 0 Å². The molecule has 0 bridgehead atoms. The van der Waals surface area contributed by atoms with Crippen LogP contribution in [-0.2, 0) is 9.53 Å². The molecule has 0 aromatic carbocycles. The molecule has 20 heavy (non-hydrogen) atoms. The lowest BCUT2D eigenvalue weighted by Gasteiger charge is -2.32. The van der Waals surface area contributed by atoms with Gasteiger partial charge in [-0.2, -0.15) is 52.7 Å². The maximum atomic E-state index is 12.6. The van der Waals surface area contributed by atoms with Crippen molar-refractivity contribution in [2.24, 2.45) is 0 Å². The van der Waals surface area contributed by atoms with Crippen molar-refractivity contribution >= 4 is 6.04 Å². The van der Waals surface area contributed by atoms with Crippen LogP contribution in [0.25, 0.3) is 0 Å². The van der Waals surface area contributed by atoms with E-state index in [1.165, 1.54) is 4.74 Å². The Kier molecular flexibility index (Phi) is 4.38. The van der Waals surface area contributed by atoms with E-state index in [9.17, 15) is 57.5 Å². The highest BCUT2D eigenvalue weighted by Crippen LogP contribution is 2.51. The van der Waals surface area contributed by atoms with E-state index < -0.39 is 36.3 Å². The number of hydrogen-bond acceptors (Lipinski definition) is 2. The zero-order chi connectivity index (χ0) is 16.8. The number of rotatable bonds is 4. The van der Waals surface area contributed by atoms with Crippen LogP contribution in [0.15, 0.2) is 0 Å². The van der Waals surface area contributed by atoms with Crippen molar-refractivity contribution in [1.82, 2.24) is 0 Å². The highest BCUT2D eigenvalue weighted by Gasteiger charge is 2.79. The van der Waals surface area contributed by atoms with Crippen molar-refractivity contribution in [3.8, 4) is 0 Å². The molecular formula is C6F12O2. The molecule has 0 aromatic heterocycles. The molecule has 0 heterocycles. The van der Waals surface area contributed by atoms with Crippen molar-refractivity contribution < 1.29 is 62.2 Å². The molecule has 0 rings (SSSR count). The molecule has 120 valence electrons. The Morgan fingerprint density at radius 2 is 1.05 bits per heavy atom. The minimum atomic E-state index is -7.32. The largest absolute Gasteiger partial charge is 0.462 e. The Morgan fingerprint density at radius 3 is 1.25 bits per heavy atom. The summed E-state index contributed by atoms with van der Waals surface area (Å²) in [5.41, 5.74) is 0. The van der Waals surface area contributed by atoms with Gasteiger partial charge < -0.3 is 0 Å². The van der Waals surface area contributed by atoms with Gasteiger partial charge in [0.25, 0.3) is 0 Å². The van der Waals surface area contributed by atoms with Gasteiger partial charge >= 0.3 is 36.3 Å². The van der Waals surface area contributed by atoms with E-state index in [1.54, 1.807) is 0 Å². The standard InChI is InChI=1S/C6F12O2/c7-1(19)2(8,4(11,12)13)20-6(17,18)3(9,10)5(14,15)16. The fourth-order valence-corrected chi connectivity index (χ4v) is 0.615. The third kappa shape index (κ3) is 2.93. The fourth-order valence-electron chi connectivity index (χ4n) is 0.615. The Morgan fingerprint density at radius 1 is 0.700 bits per heavy atom. The number of carbonyl (C=O) groups is 1. The van der Waals surface area contributed by atoms with Crippen LogP contribution in [0.3, 0.4) is 0 Å². The lowest BCUT2D eigenvalue weighted by atomic mass is 10.2. The van der Waals surface area contributed by atoms with Crippen molar-refractivity contribution in [2.45, 2.75) is 30.2 Å². The summed E-state index contributed by atoms with van der Waals surface area (Å²) in [6.07, 6.45) is -21.3. The summed E-state index contributed by atoms with van der Waals surface area (Å²) in [4.78, 5) is 9.62. The van der Waals surface area contributed by atoms with E-state index in [0.29, 0.717) is 0 Å². The van der Waals surface area contributed by atoms with Gasteiger partial charge in [-0.15, -0.1) is 0 Å². The molecule has 0 aliphatic rings. The van der Waals surface area contributed by atoms with Gasteiger partial charge in [0, 0.05) is 0 Å². The van der Waals surface area contributed by atoms with Crippen LogP contribution in [0.1, 0.15) is 0 Å². The molecule has 0 fully saturated rings. The summed E-state index contributed by atoms with van der Waals surface area (Å²) < 4.78 is 145.